The van der Waals surface area contributed by atoms with Crippen LogP contribution in [-0.4, -0.2) is 30.2 Å². The van der Waals surface area contributed by atoms with Crippen LogP contribution >= 0.6 is 15.9 Å². The normalized spacial score (nSPS) is 10.6. The lowest BCUT2D eigenvalue weighted by Gasteiger charge is -2.10. The van der Waals surface area contributed by atoms with Gasteiger partial charge in [0, 0.05) is 16.9 Å². The van der Waals surface area contributed by atoms with Crippen molar-refractivity contribution >= 4 is 34.0 Å². The molecule has 0 bridgehead atoms. The molecule has 0 unspecified atom stereocenters. The standard InChI is InChI=1S/C21H16BrN3O4/c1-28-19-11-14(12-24-25-20(26)16-3-2-10-23-13-16)4-9-18(19)29-21(27)15-5-7-17(22)8-6-15/h2-13H,1H3,(H,25,26)/b24-12-. The maximum absolute atomic E-state index is 12.3. The maximum Gasteiger partial charge on any atom is 0.343 e. The molecule has 0 radical (unpaired) electrons. The van der Waals surface area contributed by atoms with Crippen molar-refractivity contribution in [3.8, 4) is 11.5 Å². The molecular weight excluding hydrogens is 438 g/mol. The summed E-state index contributed by atoms with van der Waals surface area (Å²) < 4.78 is 11.6. The van der Waals surface area contributed by atoms with Gasteiger partial charge in [-0.1, -0.05) is 15.9 Å². The average Bonchev–Trinajstić information content (AvgIpc) is 2.75. The Kier molecular flexibility index (Phi) is 6.70. The molecular formula is C21H16BrN3O4. The van der Waals surface area contributed by atoms with Crippen molar-refractivity contribution in [1.29, 1.82) is 0 Å². The van der Waals surface area contributed by atoms with E-state index in [1.807, 2.05) is 0 Å². The monoisotopic (exact) mass is 453 g/mol. The van der Waals surface area contributed by atoms with Crippen molar-refractivity contribution in [2.24, 2.45) is 5.10 Å². The van der Waals surface area contributed by atoms with Crippen LogP contribution in [0.25, 0.3) is 0 Å². The SMILES string of the molecule is COc1cc(/C=N\NC(=O)c2cccnc2)ccc1OC(=O)c1ccc(Br)cc1. The molecule has 8 heteroatoms. The van der Waals surface area contributed by atoms with E-state index in [9.17, 15) is 9.59 Å². The summed E-state index contributed by atoms with van der Waals surface area (Å²) in [6, 6.07) is 15.1. The second kappa shape index (κ2) is 9.61. The number of nitrogens with one attached hydrogen (secondary N) is 1. The van der Waals surface area contributed by atoms with Gasteiger partial charge in [0.1, 0.15) is 0 Å². The zero-order chi connectivity index (χ0) is 20.6. The van der Waals surface area contributed by atoms with Crippen LogP contribution in [0.15, 0.2) is 76.6 Å². The Bertz CT molecular complexity index is 1040. The molecule has 0 saturated carbocycles. The summed E-state index contributed by atoms with van der Waals surface area (Å²) in [6.07, 6.45) is 4.48. The van der Waals surface area contributed by atoms with Crippen molar-refractivity contribution < 1.29 is 19.1 Å². The fourth-order valence-electron chi connectivity index (χ4n) is 2.32. The van der Waals surface area contributed by atoms with Gasteiger partial charge in [-0.15, -0.1) is 0 Å². The Morgan fingerprint density at radius 2 is 1.86 bits per heavy atom. The highest BCUT2D eigenvalue weighted by molar-refractivity contribution is 9.10. The summed E-state index contributed by atoms with van der Waals surface area (Å²) in [4.78, 5) is 28.1. The zero-order valence-corrected chi connectivity index (χ0v) is 16.9. The molecule has 1 heterocycles. The van der Waals surface area contributed by atoms with Gasteiger partial charge in [0.05, 0.1) is 24.5 Å². The predicted octanol–water partition coefficient (Wildman–Crippen LogP) is 3.84. The van der Waals surface area contributed by atoms with Gasteiger partial charge in [-0.3, -0.25) is 9.78 Å². The van der Waals surface area contributed by atoms with Crippen molar-refractivity contribution in [2.75, 3.05) is 7.11 Å². The first-order valence-corrected chi connectivity index (χ1v) is 9.25. The number of halogens is 1. The van der Waals surface area contributed by atoms with Gasteiger partial charge in [-0.05, 0) is 60.2 Å². The minimum atomic E-state index is -0.499. The van der Waals surface area contributed by atoms with Gasteiger partial charge < -0.3 is 9.47 Å². The van der Waals surface area contributed by atoms with E-state index in [0.717, 1.165) is 4.47 Å². The number of ether oxygens (including phenoxy) is 2. The van der Waals surface area contributed by atoms with E-state index >= 15 is 0 Å². The Morgan fingerprint density at radius 3 is 2.55 bits per heavy atom. The van der Waals surface area contributed by atoms with E-state index in [1.54, 1.807) is 60.8 Å². The van der Waals surface area contributed by atoms with Crippen molar-refractivity contribution in [1.82, 2.24) is 10.4 Å². The van der Waals surface area contributed by atoms with Crippen LogP contribution in [0.2, 0.25) is 0 Å². The van der Waals surface area contributed by atoms with Crippen LogP contribution in [0.5, 0.6) is 11.5 Å². The molecule has 29 heavy (non-hydrogen) atoms. The number of benzene rings is 2. The number of methoxy groups -OCH3 is 1. The van der Waals surface area contributed by atoms with Crippen LogP contribution in [0, 0.1) is 0 Å². The molecule has 0 aliphatic carbocycles. The minimum absolute atomic E-state index is 0.275. The Labute approximate surface area is 175 Å². The minimum Gasteiger partial charge on any atom is -0.493 e. The number of nitrogens with zero attached hydrogens (tertiary/aromatic N) is 2. The molecule has 7 nitrogen and oxygen atoms in total. The molecule has 0 aliphatic heterocycles. The van der Waals surface area contributed by atoms with Crippen molar-refractivity contribution in [3.63, 3.8) is 0 Å². The predicted molar refractivity (Wildman–Crippen MR) is 111 cm³/mol. The summed E-state index contributed by atoms with van der Waals surface area (Å²) >= 11 is 3.32. The number of esters is 1. The third-order valence-electron chi connectivity index (χ3n) is 3.77. The van der Waals surface area contributed by atoms with Gasteiger partial charge >= 0.3 is 5.97 Å². The number of carbonyl (C=O) groups is 2. The third kappa shape index (κ3) is 5.49. The molecule has 0 spiro atoms. The highest BCUT2D eigenvalue weighted by Gasteiger charge is 2.13. The van der Waals surface area contributed by atoms with Gasteiger partial charge in [-0.25, -0.2) is 10.2 Å². The lowest BCUT2D eigenvalue weighted by atomic mass is 10.2. The number of aromatic nitrogens is 1. The first-order chi connectivity index (χ1) is 14.1. The number of carbonyl (C=O) groups excluding carboxylic acids is 2. The Morgan fingerprint density at radius 1 is 1.07 bits per heavy atom. The highest BCUT2D eigenvalue weighted by Crippen LogP contribution is 2.28. The fraction of sp³-hybridized carbons (Fsp3) is 0.0476. The molecule has 3 rings (SSSR count). The third-order valence-corrected chi connectivity index (χ3v) is 4.30. The van der Waals surface area contributed by atoms with Crippen LogP contribution in [0.1, 0.15) is 26.3 Å². The summed E-state index contributed by atoms with van der Waals surface area (Å²) in [7, 11) is 1.47. The number of hydrogen-bond donors (Lipinski definition) is 1. The van der Waals surface area contributed by atoms with E-state index in [1.165, 1.54) is 19.5 Å². The summed E-state index contributed by atoms with van der Waals surface area (Å²) in [5.41, 5.74) is 3.88. The van der Waals surface area contributed by atoms with E-state index in [4.69, 9.17) is 9.47 Å². The van der Waals surface area contributed by atoms with E-state index in [-0.39, 0.29) is 11.7 Å². The topological polar surface area (TPSA) is 89.9 Å². The average molecular weight is 454 g/mol. The molecule has 0 saturated heterocycles. The molecule has 1 amide bonds. The number of hydrogen-bond acceptors (Lipinski definition) is 6. The van der Waals surface area contributed by atoms with Gasteiger partial charge in [0.25, 0.3) is 5.91 Å². The molecule has 0 fully saturated rings. The van der Waals surface area contributed by atoms with E-state index in [0.29, 0.717) is 22.4 Å². The second-order valence-corrected chi connectivity index (χ2v) is 6.66. The highest BCUT2D eigenvalue weighted by atomic mass is 79.9. The molecule has 0 atom stereocenters. The van der Waals surface area contributed by atoms with Gasteiger partial charge in [0.15, 0.2) is 11.5 Å². The lowest BCUT2D eigenvalue weighted by Crippen LogP contribution is -2.17. The molecule has 1 N–H and O–H groups in total. The summed E-state index contributed by atoms with van der Waals surface area (Å²) in [5, 5.41) is 3.92. The summed E-state index contributed by atoms with van der Waals surface area (Å²) in [5.74, 6) is -0.239. The van der Waals surface area contributed by atoms with Crippen LogP contribution in [0.4, 0.5) is 0 Å². The first kappa shape index (κ1) is 20.2. The molecule has 1 aromatic heterocycles. The van der Waals surface area contributed by atoms with E-state index in [2.05, 4.69) is 31.4 Å². The number of amides is 1. The van der Waals surface area contributed by atoms with E-state index < -0.39 is 5.97 Å². The van der Waals surface area contributed by atoms with Crippen molar-refractivity contribution in [3.05, 3.63) is 88.2 Å². The molecule has 0 aliphatic rings. The second-order valence-electron chi connectivity index (χ2n) is 5.75. The first-order valence-electron chi connectivity index (χ1n) is 8.46. The van der Waals surface area contributed by atoms with Crippen molar-refractivity contribution in [2.45, 2.75) is 0 Å². The largest absolute Gasteiger partial charge is 0.493 e. The number of rotatable bonds is 6. The quantitative estimate of drug-likeness (QED) is 0.265. The number of pyridine rings is 1. The molecule has 3 aromatic rings. The van der Waals surface area contributed by atoms with Crippen LogP contribution < -0.4 is 14.9 Å². The Balaban J connectivity index is 1.67. The van der Waals surface area contributed by atoms with Crippen LogP contribution in [0.3, 0.4) is 0 Å². The zero-order valence-electron chi connectivity index (χ0n) is 15.3. The van der Waals surface area contributed by atoms with Gasteiger partial charge in [-0.2, -0.15) is 5.10 Å². The molecule has 2 aromatic carbocycles. The smallest absolute Gasteiger partial charge is 0.343 e. The lowest BCUT2D eigenvalue weighted by molar-refractivity contribution is 0.0729. The van der Waals surface area contributed by atoms with Crippen LogP contribution in [-0.2, 0) is 0 Å². The Hall–Kier alpha value is -3.52. The number of hydrazone groups is 1. The fourth-order valence-corrected chi connectivity index (χ4v) is 2.58. The molecule has 146 valence electrons. The summed E-state index contributed by atoms with van der Waals surface area (Å²) in [6.45, 7) is 0. The maximum atomic E-state index is 12.3. The van der Waals surface area contributed by atoms with Gasteiger partial charge in [0.2, 0.25) is 0 Å².